The molecule has 120 valence electrons. The summed E-state index contributed by atoms with van der Waals surface area (Å²) in [5, 5.41) is 0. The topological polar surface area (TPSA) is 123 Å². The lowest BCUT2D eigenvalue weighted by molar-refractivity contribution is 0.0133. The number of ether oxygens (including phenoxy) is 2. The molecule has 0 radical (unpaired) electrons. The van der Waals surface area contributed by atoms with Gasteiger partial charge in [-0.1, -0.05) is 6.42 Å². The molecule has 6 nitrogen and oxygen atoms in total. The van der Waals surface area contributed by atoms with E-state index in [1.54, 1.807) is 0 Å². The third kappa shape index (κ3) is 5.27. The first-order chi connectivity index (χ1) is 9.68. The molecule has 1 rings (SSSR count). The van der Waals surface area contributed by atoms with E-state index in [4.69, 9.17) is 32.4 Å². The Morgan fingerprint density at radius 2 is 1.85 bits per heavy atom. The van der Waals surface area contributed by atoms with Gasteiger partial charge in [0.1, 0.15) is 0 Å². The maximum atomic E-state index is 6.35. The van der Waals surface area contributed by atoms with Gasteiger partial charge in [-0.15, -0.1) is 0 Å². The monoisotopic (exact) mass is 288 g/mol. The van der Waals surface area contributed by atoms with E-state index in [0.29, 0.717) is 45.4 Å². The first kappa shape index (κ1) is 17.8. The molecule has 6 heteroatoms. The van der Waals surface area contributed by atoms with Crippen molar-refractivity contribution in [1.29, 1.82) is 0 Å². The molecule has 20 heavy (non-hydrogen) atoms. The zero-order chi connectivity index (χ0) is 14.8. The van der Waals surface area contributed by atoms with Gasteiger partial charge in [0.05, 0.1) is 26.4 Å². The molecule has 0 aromatic heterocycles. The van der Waals surface area contributed by atoms with Crippen LogP contribution >= 0.6 is 0 Å². The van der Waals surface area contributed by atoms with Gasteiger partial charge < -0.3 is 32.4 Å². The third-order valence-electron chi connectivity index (χ3n) is 4.44. The molecule has 0 aromatic rings. The van der Waals surface area contributed by atoms with E-state index in [0.717, 1.165) is 25.8 Å². The van der Waals surface area contributed by atoms with Crippen LogP contribution in [-0.2, 0) is 9.47 Å². The Balaban J connectivity index is 2.32. The number of hydrogen-bond donors (Lipinski definition) is 4. The Morgan fingerprint density at radius 1 is 1.10 bits per heavy atom. The molecule has 0 heterocycles. The summed E-state index contributed by atoms with van der Waals surface area (Å²) in [6.45, 7) is 4.08. The SMILES string of the molecule is NCCOCCOCC(N)C1(CN)CCCC(CN)C1. The molecule has 0 saturated heterocycles. The second-order valence-electron chi connectivity index (χ2n) is 5.85. The first-order valence-electron chi connectivity index (χ1n) is 7.70. The van der Waals surface area contributed by atoms with Gasteiger partial charge in [0.25, 0.3) is 0 Å². The fourth-order valence-corrected chi connectivity index (χ4v) is 3.09. The first-order valence-corrected chi connectivity index (χ1v) is 7.70. The molecule has 1 saturated carbocycles. The Labute approximate surface area is 122 Å². The van der Waals surface area contributed by atoms with Gasteiger partial charge in [-0.05, 0) is 38.3 Å². The summed E-state index contributed by atoms with van der Waals surface area (Å²) in [5.41, 5.74) is 23.5. The molecule has 0 aliphatic heterocycles. The van der Waals surface area contributed by atoms with Gasteiger partial charge in [-0.3, -0.25) is 0 Å². The zero-order valence-corrected chi connectivity index (χ0v) is 12.6. The molecule has 0 aromatic carbocycles. The molecule has 0 spiro atoms. The van der Waals surface area contributed by atoms with Crippen molar-refractivity contribution in [2.75, 3.05) is 46.1 Å². The molecule has 8 N–H and O–H groups in total. The normalized spacial score (nSPS) is 28.5. The maximum Gasteiger partial charge on any atom is 0.0701 e. The summed E-state index contributed by atoms with van der Waals surface area (Å²) in [6, 6.07) is -0.0311. The minimum absolute atomic E-state index is 0.0135. The lowest BCUT2D eigenvalue weighted by Crippen LogP contribution is -2.52. The van der Waals surface area contributed by atoms with Crippen molar-refractivity contribution in [3.8, 4) is 0 Å². The Hall–Kier alpha value is -0.240. The molecule has 3 unspecified atom stereocenters. The summed E-state index contributed by atoms with van der Waals surface area (Å²) in [5.74, 6) is 0.547. The predicted molar refractivity (Wildman–Crippen MR) is 81.2 cm³/mol. The van der Waals surface area contributed by atoms with Crippen LogP contribution in [-0.4, -0.2) is 52.1 Å². The van der Waals surface area contributed by atoms with E-state index < -0.39 is 0 Å². The third-order valence-corrected chi connectivity index (χ3v) is 4.44. The van der Waals surface area contributed by atoms with Crippen molar-refractivity contribution in [3.05, 3.63) is 0 Å². The van der Waals surface area contributed by atoms with Gasteiger partial charge in [0, 0.05) is 18.0 Å². The molecule has 0 bridgehead atoms. The van der Waals surface area contributed by atoms with Gasteiger partial charge in [0.15, 0.2) is 0 Å². The number of rotatable bonds is 10. The summed E-state index contributed by atoms with van der Waals surface area (Å²) in [4.78, 5) is 0. The second kappa shape index (κ2) is 9.65. The largest absolute Gasteiger partial charge is 0.378 e. The van der Waals surface area contributed by atoms with E-state index in [-0.39, 0.29) is 11.5 Å². The highest BCUT2D eigenvalue weighted by Crippen LogP contribution is 2.40. The molecule has 3 atom stereocenters. The van der Waals surface area contributed by atoms with E-state index >= 15 is 0 Å². The number of hydrogen-bond acceptors (Lipinski definition) is 6. The minimum atomic E-state index is -0.0311. The van der Waals surface area contributed by atoms with Crippen LogP contribution in [0.2, 0.25) is 0 Å². The highest BCUT2D eigenvalue weighted by atomic mass is 16.5. The van der Waals surface area contributed by atoms with E-state index in [1.165, 1.54) is 6.42 Å². The molecular weight excluding hydrogens is 256 g/mol. The van der Waals surface area contributed by atoms with Crippen molar-refractivity contribution in [2.24, 2.45) is 34.3 Å². The van der Waals surface area contributed by atoms with Crippen LogP contribution in [0.3, 0.4) is 0 Å². The lowest BCUT2D eigenvalue weighted by Gasteiger charge is -2.44. The summed E-state index contributed by atoms with van der Waals surface area (Å²) in [6.07, 6.45) is 4.45. The van der Waals surface area contributed by atoms with Crippen molar-refractivity contribution < 1.29 is 9.47 Å². The summed E-state index contributed by atoms with van der Waals surface area (Å²) in [7, 11) is 0. The predicted octanol–water partition coefficient (Wildman–Crippen LogP) is -0.600. The highest BCUT2D eigenvalue weighted by molar-refractivity contribution is 4.95. The minimum Gasteiger partial charge on any atom is -0.378 e. The van der Waals surface area contributed by atoms with Gasteiger partial charge >= 0.3 is 0 Å². The van der Waals surface area contributed by atoms with Gasteiger partial charge in [-0.2, -0.15) is 0 Å². The standard InChI is InChI=1S/C14H32N4O2/c15-4-5-19-6-7-20-10-13(18)14(11-17)3-1-2-12(8-14)9-16/h12-13H,1-11,15-18H2. The Kier molecular flexibility index (Phi) is 8.60. The number of nitrogens with two attached hydrogens (primary N) is 4. The van der Waals surface area contributed by atoms with Gasteiger partial charge in [0.2, 0.25) is 0 Å². The molecule has 0 amide bonds. The van der Waals surface area contributed by atoms with E-state index in [1.807, 2.05) is 0 Å². The van der Waals surface area contributed by atoms with Crippen molar-refractivity contribution in [2.45, 2.75) is 31.7 Å². The van der Waals surface area contributed by atoms with Crippen LogP contribution < -0.4 is 22.9 Å². The highest BCUT2D eigenvalue weighted by Gasteiger charge is 2.39. The average molecular weight is 288 g/mol. The maximum absolute atomic E-state index is 6.35. The van der Waals surface area contributed by atoms with Crippen LogP contribution in [0.5, 0.6) is 0 Å². The Morgan fingerprint density at radius 3 is 2.50 bits per heavy atom. The fraction of sp³-hybridized carbons (Fsp3) is 1.00. The quantitative estimate of drug-likeness (QED) is 0.398. The van der Waals surface area contributed by atoms with E-state index in [2.05, 4.69) is 0 Å². The average Bonchev–Trinajstić information content (AvgIpc) is 2.50. The van der Waals surface area contributed by atoms with Crippen molar-refractivity contribution in [3.63, 3.8) is 0 Å². The smallest absolute Gasteiger partial charge is 0.0701 e. The molecule has 1 fully saturated rings. The van der Waals surface area contributed by atoms with Crippen molar-refractivity contribution in [1.82, 2.24) is 0 Å². The summed E-state index contributed by atoms with van der Waals surface area (Å²) < 4.78 is 10.9. The fourth-order valence-electron chi connectivity index (χ4n) is 3.09. The van der Waals surface area contributed by atoms with E-state index in [9.17, 15) is 0 Å². The van der Waals surface area contributed by atoms with Crippen LogP contribution in [0.15, 0.2) is 0 Å². The van der Waals surface area contributed by atoms with Crippen LogP contribution in [0.25, 0.3) is 0 Å². The zero-order valence-electron chi connectivity index (χ0n) is 12.6. The summed E-state index contributed by atoms with van der Waals surface area (Å²) >= 11 is 0. The van der Waals surface area contributed by atoms with Gasteiger partial charge in [-0.25, -0.2) is 0 Å². The van der Waals surface area contributed by atoms with Crippen molar-refractivity contribution >= 4 is 0 Å². The van der Waals surface area contributed by atoms with Crippen LogP contribution in [0.4, 0.5) is 0 Å². The van der Waals surface area contributed by atoms with Crippen LogP contribution in [0.1, 0.15) is 25.7 Å². The molecular formula is C14H32N4O2. The molecule has 1 aliphatic carbocycles. The second-order valence-corrected chi connectivity index (χ2v) is 5.85. The Bertz CT molecular complexity index is 255. The van der Waals surface area contributed by atoms with Crippen LogP contribution in [0, 0.1) is 11.3 Å². The molecule has 1 aliphatic rings. The lowest BCUT2D eigenvalue weighted by atomic mass is 9.66.